The Morgan fingerprint density at radius 2 is 2.29 bits per heavy atom. The number of nitrogens with zero attached hydrogens (tertiary/aromatic N) is 2. The molecule has 0 saturated carbocycles. The van der Waals surface area contributed by atoms with E-state index in [-0.39, 0.29) is 17.9 Å². The Balaban J connectivity index is 1.57. The van der Waals surface area contributed by atoms with Gasteiger partial charge in [-0.05, 0) is 24.3 Å². The third-order valence-electron chi connectivity index (χ3n) is 4.11. The number of hydrogen-bond acceptors (Lipinski definition) is 5. The lowest BCUT2D eigenvalue weighted by Crippen LogP contribution is -2.49. The van der Waals surface area contributed by atoms with Gasteiger partial charge in [-0.1, -0.05) is 6.92 Å². The Hall–Kier alpha value is -1.73. The van der Waals surface area contributed by atoms with Gasteiger partial charge in [0.15, 0.2) is 0 Å². The van der Waals surface area contributed by atoms with Crippen molar-refractivity contribution in [2.75, 3.05) is 13.1 Å². The van der Waals surface area contributed by atoms with Crippen LogP contribution in [0.15, 0.2) is 22.2 Å². The van der Waals surface area contributed by atoms with Gasteiger partial charge in [0.2, 0.25) is 11.8 Å². The van der Waals surface area contributed by atoms with Crippen LogP contribution in [0.1, 0.15) is 31.9 Å². The lowest BCUT2D eigenvalue weighted by Gasteiger charge is -2.33. The minimum atomic E-state index is 0.0502. The van der Waals surface area contributed by atoms with Crippen LogP contribution in [0.3, 0.4) is 0 Å². The zero-order valence-electron chi connectivity index (χ0n) is 13.7. The van der Waals surface area contributed by atoms with Gasteiger partial charge in [-0.3, -0.25) is 9.59 Å². The van der Waals surface area contributed by atoms with Crippen molar-refractivity contribution >= 4 is 34.5 Å². The molecule has 2 aromatic heterocycles. The minimum absolute atomic E-state index is 0.0502. The molecule has 1 fully saturated rings. The van der Waals surface area contributed by atoms with Gasteiger partial charge in [-0.15, -0.1) is 11.3 Å². The monoisotopic (exact) mass is 363 g/mol. The number of rotatable bonds is 5. The molecule has 2 aromatic rings. The molecule has 3 heterocycles. The average molecular weight is 364 g/mol. The normalized spacial score (nSPS) is 17.7. The minimum Gasteiger partial charge on any atom is -0.352 e. The summed E-state index contributed by atoms with van der Waals surface area (Å²) in [6.07, 6.45) is 2.68. The van der Waals surface area contributed by atoms with Crippen LogP contribution in [0, 0.1) is 0 Å². The van der Waals surface area contributed by atoms with Crippen LogP contribution in [0.25, 0.3) is 10.6 Å². The van der Waals surface area contributed by atoms with Gasteiger partial charge in [-0.2, -0.15) is 11.3 Å². The molecule has 1 unspecified atom stereocenters. The van der Waals surface area contributed by atoms with E-state index in [2.05, 4.69) is 15.7 Å². The molecular formula is C17H21N3O2S2. The summed E-state index contributed by atoms with van der Waals surface area (Å²) in [4.78, 5) is 30.5. The number of piperidine rings is 1. The summed E-state index contributed by atoms with van der Waals surface area (Å²) in [6.45, 7) is 3.21. The molecule has 24 heavy (non-hydrogen) atoms. The molecular weight excluding hydrogens is 342 g/mol. The van der Waals surface area contributed by atoms with Gasteiger partial charge in [-0.25, -0.2) is 4.98 Å². The Kier molecular flexibility index (Phi) is 5.63. The molecule has 7 heteroatoms. The molecule has 1 aliphatic heterocycles. The maximum Gasteiger partial charge on any atom is 0.228 e. The maximum atomic E-state index is 12.5. The molecule has 1 aliphatic rings. The molecule has 1 N–H and O–H groups in total. The molecule has 0 aliphatic carbocycles. The number of thiazole rings is 1. The van der Waals surface area contributed by atoms with Crippen molar-refractivity contribution in [3.05, 3.63) is 27.9 Å². The van der Waals surface area contributed by atoms with Crippen LogP contribution in [0.2, 0.25) is 0 Å². The van der Waals surface area contributed by atoms with Crippen molar-refractivity contribution in [1.29, 1.82) is 0 Å². The zero-order chi connectivity index (χ0) is 16.9. The van der Waals surface area contributed by atoms with Crippen molar-refractivity contribution in [2.45, 2.75) is 38.6 Å². The van der Waals surface area contributed by atoms with Crippen molar-refractivity contribution in [1.82, 2.24) is 15.2 Å². The van der Waals surface area contributed by atoms with E-state index in [0.29, 0.717) is 19.4 Å². The van der Waals surface area contributed by atoms with Crippen molar-refractivity contribution < 1.29 is 9.59 Å². The quantitative estimate of drug-likeness (QED) is 0.888. The predicted octanol–water partition coefficient (Wildman–Crippen LogP) is 2.93. The van der Waals surface area contributed by atoms with Gasteiger partial charge in [0.05, 0.1) is 12.1 Å². The smallest absolute Gasteiger partial charge is 0.228 e. The molecule has 128 valence electrons. The van der Waals surface area contributed by atoms with E-state index in [1.165, 1.54) is 0 Å². The molecule has 1 atom stereocenters. The Labute approximate surface area is 149 Å². The summed E-state index contributed by atoms with van der Waals surface area (Å²) in [5.41, 5.74) is 1.94. The van der Waals surface area contributed by atoms with Gasteiger partial charge in [0.25, 0.3) is 0 Å². The average Bonchev–Trinajstić information content (AvgIpc) is 3.26. The molecule has 0 spiro atoms. The standard InChI is InChI=1S/C17H21N3O2S2/c1-2-15(21)18-13-4-3-6-20(9-13)16(22)8-14-11-24-17(19-14)12-5-7-23-10-12/h5,7,10-11,13H,2-4,6,8-9H2,1H3,(H,18,21). The summed E-state index contributed by atoms with van der Waals surface area (Å²) in [5, 5.41) is 10.0. The van der Waals surface area contributed by atoms with E-state index in [9.17, 15) is 9.59 Å². The third-order valence-corrected chi connectivity index (χ3v) is 5.74. The predicted molar refractivity (Wildman–Crippen MR) is 97.2 cm³/mol. The Morgan fingerprint density at radius 3 is 3.04 bits per heavy atom. The molecule has 0 aromatic carbocycles. The fraction of sp³-hybridized carbons (Fsp3) is 0.471. The number of nitrogens with one attached hydrogen (secondary N) is 1. The number of amides is 2. The highest BCUT2D eigenvalue weighted by atomic mass is 32.1. The van der Waals surface area contributed by atoms with Crippen LogP contribution < -0.4 is 5.32 Å². The van der Waals surface area contributed by atoms with Crippen LogP contribution in [-0.2, 0) is 16.0 Å². The highest BCUT2D eigenvalue weighted by Crippen LogP contribution is 2.26. The van der Waals surface area contributed by atoms with E-state index < -0.39 is 0 Å². The van der Waals surface area contributed by atoms with Crippen LogP contribution in [0.5, 0.6) is 0 Å². The molecule has 1 saturated heterocycles. The second-order valence-corrected chi connectivity index (χ2v) is 7.57. The fourth-order valence-corrected chi connectivity index (χ4v) is 4.36. The first-order chi connectivity index (χ1) is 11.7. The van der Waals surface area contributed by atoms with Gasteiger partial charge in [0.1, 0.15) is 5.01 Å². The van der Waals surface area contributed by atoms with Crippen molar-refractivity contribution in [3.63, 3.8) is 0 Å². The van der Waals surface area contributed by atoms with E-state index in [1.807, 2.05) is 28.7 Å². The summed E-state index contributed by atoms with van der Waals surface area (Å²) in [6, 6.07) is 2.12. The lowest BCUT2D eigenvalue weighted by molar-refractivity contribution is -0.133. The topological polar surface area (TPSA) is 62.3 Å². The number of aromatic nitrogens is 1. The van der Waals surface area contributed by atoms with E-state index in [0.717, 1.165) is 35.7 Å². The largest absolute Gasteiger partial charge is 0.352 e. The van der Waals surface area contributed by atoms with Gasteiger partial charge >= 0.3 is 0 Å². The van der Waals surface area contributed by atoms with E-state index in [4.69, 9.17) is 0 Å². The second kappa shape index (κ2) is 7.90. The van der Waals surface area contributed by atoms with Crippen LogP contribution in [-0.4, -0.2) is 40.8 Å². The number of carbonyl (C=O) groups excluding carboxylic acids is 2. The summed E-state index contributed by atoms with van der Waals surface area (Å²) >= 11 is 3.22. The molecule has 2 amide bonds. The number of likely N-dealkylation sites (tertiary alicyclic amines) is 1. The highest BCUT2D eigenvalue weighted by molar-refractivity contribution is 7.14. The second-order valence-electron chi connectivity index (χ2n) is 5.93. The van der Waals surface area contributed by atoms with Crippen LogP contribution >= 0.6 is 22.7 Å². The lowest BCUT2D eigenvalue weighted by atomic mass is 10.0. The van der Waals surface area contributed by atoms with Gasteiger partial charge < -0.3 is 10.2 Å². The number of thiophene rings is 1. The number of hydrogen-bond donors (Lipinski definition) is 1. The first-order valence-electron chi connectivity index (χ1n) is 8.20. The van der Waals surface area contributed by atoms with Crippen molar-refractivity contribution in [2.24, 2.45) is 0 Å². The van der Waals surface area contributed by atoms with Gasteiger partial charge in [0, 0.05) is 41.9 Å². The van der Waals surface area contributed by atoms with Crippen molar-refractivity contribution in [3.8, 4) is 10.6 Å². The highest BCUT2D eigenvalue weighted by Gasteiger charge is 2.25. The SMILES string of the molecule is CCC(=O)NC1CCCN(C(=O)Cc2csc(-c3ccsc3)n2)C1. The molecule has 0 radical (unpaired) electrons. The summed E-state index contributed by atoms with van der Waals surface area (Å²) in [7, 11) is 0. The first-order valence-corrected chi connectivity index (χ1v) is 10.0. The Bertz CT molecular complexity index is 697. The summed E-state index contributed by atoms with van der Waals surface area (Å²) in [5.74, 6) is 0.141. The van der Waals surface area contributed by atoms with E-state index in [1.54, 1.807) is 22.7 Å². The maximum absolute atomic E-state index is 12.5. The zero-order valence-corrected chi connectivity index (χ0v) is 15.3. The fourth-order valence-electron chi connectivity index (χ4n) is 2.82. The van der Waals surface area contributed by atoms with Crippen LogP contribution in [0.4, 0.5) is 0 Å². The number of carbonyl (C=O) groups is 2. The molecule has 5 nitrogen and oxygen atoms in total. The Morgan fingerprint density at radius 1 is 1.42 bits per heavy atom. The molecule has 3 rings (SSSR count). The summed E-state index contributed by atoms with van der Waals surface area (Å²) < 4.78 is 0. The van der Waals surface area contributed by atoms with E-state index >= 15 is 0 Å². The third kappa shape index (κ3) is 4.21. The first kappa shape index (κ1) is 17.1. The molecule has 0 bridgehead atoms.